The molecule has 0 spiro atoms. The van der Waals surface area contributed by atoms with Crippen molar-refractivity contribution in [2.24, 2.45) is 0 Å². The lowest BCUT2D eigenvalue weighted by atomic mass is 10.1. The van der Waals surface area contributed by atoms with Crippen molar-refractivity contribution in [2.75, 3.05) is 33.7 Å². The first-order valence-electron chi connectivity index (χ1n) is 8.30. The predicted octanol–water partition coefficient (Wildman–Crippen LogP) is 0.906. The Bertz CT molecular complexity index is 645. The minimum Gasteiger partial charge on any atom is -0.347 e. The number of aryl methyl sites for hydroxylation is 1. The van der Waals surface area contributed by atoms with Gasteiger partial charge in [0.15, 0.2) is 0 Å². The molecule has 1 aromatic carbocycles. The van der Waals surface area contributed by atoms with Gasteiger partial charge in [0, 0.05) is 40.5 Å². The minimum atomic E-state index is -0.659. The molecule has 1 fully saturated rings. The minimum absolute atomic E-state index is 0.102. The van der Waals surface area contributed by atoms with Crippen LogP contribution in [0.4, 0.5) is 4.39 Å². The normalized spacial score (nSPS) is 17.4. The number of halogens is 1. The number of piperazine rings is 1. The van der Waals surface area contributed by atoms with E-state index in [1.54, 1.807) is 36.0 Å². The summed E-state index contributed by atoms with van der Waals surface area (Å²) in [6.45, 7) is 2.44. The molecule has 1 aliphatic heterocycles. The largest absolute Gasteiger partial charge is 0.347 e. The Morgan fingerprint density at radius 2 is 1.80 bits per heavy atom. The zero-order chi connectivity index (χ0) is 18.6. The van der Waals surface area contributed by atoms with Crippen LogP contribution in [0.25, 0.3) is 0 Å². The van der Waals surface area contributed by atoms with Gasteiger partial charge in [-0.1, -0.05) is 12.1 Å². The van der Waals surface area contributed by atoms with Gasteiger partial charge < -0.3 is 14.7 Å². The smallest absolute Gasteiger partial charge is 0.246 e. The lowest BCUT2D eigenvalue weighted by Crippen LogP contribution is -2.61. The van der Waals surface area contributed by atoms with Crippen molar-refractivity contribution in [1.29, 1.82) is 0 Å². The second kappa shape index (κ2) is 8.09. The van der Waals surface area contributed by atoms with E-state index >= 15 is 0 Å². The number of hydrogen-bond donors (Lipinski definition) is 0. The summed E-state index contributed by atoms with van der Waals surface area (Å²) in [5, 5.41) is 0. The summed E-state index contributed by atoms with van der Waals surface area (Å²) in [6.07, 6.45) is 0.720. The Kier molecular flexibility index (Phi) is 6.12. The molecule has 136 valence electrons. The summed E-state index contributed by atoms with van der Waals surface area (Å²) in [6, 6.07) is 5.37. The monoisotopic (exact) mass is 349 g/mol. The predicted molar refractivity (Wildman–Crippen MR) is 91.2 cm³/mol. The molecule has 6 nitrogen and oxygen atoms in total. The van der Waals surface area contributed by atoms with E-state index < -0.39 is 6.04 Å². The summed E-state index contributed by atoms with van der Waals surface area (Å²) < 4.78 is 12.9. The lowest BCUT2D eigenvalue weighted by Gasteiger charge is -2.41. The maximum absolute atomic E-state index is 12.9. The van der Waals surface area contributed by atoms with E-state index in [0.717, 1.165) is 5.56 Å². The highest BCUT2D eigenvalue weighted by atomic mass is 19.1. The van der Waals surface area contributed by atoms with E-state index in [1.807, 2.05) is 0 Å². The van der Waals surface area contributed by atoms with Crippen LogP contribution in [0.15, 0.2) is 24.3 Å². The third kappa shape index (κ3) is 4.78. The molecule has 25 heavy (non-hydrogen) atoms. The fourth-order valence-corrected chi connectivity index (χ4v) is 2.92. The summed E-state index contributed by atoms with van der Waals surface area (Å²) in [4.78, 5) is 41.3. The maximum atomic E-state index is 12.9. The number of benzene rings is 1. The summed E-state index contributed by atoms with van der Waals surface area (Å²) >= 11 is 0. The van der Waals surface area contributed by atoms with Crippen LogP contribution in [0.3, 0.4) is 0 Å². The number of nitrogens with zero attached hydrogens (tertiary/aromatic N) is 3. The molecule has 0 aromatic heterocycles. The van der Waals surface area contributed by atoms with Crippen molar-refractivity contribution in [3.63, 3.8) is 0 Å². The molecule has 1 atom stereocenters. The number of amides is 3. The van der Waals surface area contributed by atoms with Gasteiger partial charge in [-0.3, -0.25) is 14.4 Å². The highest BCUT2D eigenvalue weighted by Crippen LogP contribution is 2.15. The van der Waals surface area contributed by atoms with E-state index in [-0.39, 0.29) is 36.5 Å². The van der Waals surface area contributed by atoms with E-state index in [9.17, 15) is 18.8 Å². The van der Waals surface area contributed by atoms with Gasteiger partial charge in [-0.05, 0) is 24.1 Å². The first-order valence-corrected chi connectivity index (χ1v) is 8.30. The second-order valence-corrected chi connectivity index (χ2v) is 6.43. The van der Waals surface area contributed by atoms with Crippen molar-refractivity contribution in [1.82, 2.24) is 14.7 Å². The molecule has 2 rings (SSSR count). The maximum Gasteiger partial charge on any atom is 0.246 e. The molecule has 0 bridgehead atoms. The summed E-state index contributed by atoms with van der Waals surface area (Å²) in [5.74, 6) is -0.740. The quantitative estimate of drug-likeness (QED) is 0.812. The van der Waals surface area contributed by atoms with Gasteiger partial charge >= 0.3 is 0 Å². The average Bonchev–Trinajstić information content (AvgIpc) is 2.59. The van der Waals surface area contributed by atoms with Gasteiger partial charge in [0.1, 0.15) is 11.9 Å². The third-order valence-electron chi connectivity index (χ3n) is 4.41. The van der Waals surface area contributed by atoms with Crippen molar-refractivity contribution in [3.05, 3.63) is 35.6 Å². The fourth-order valence-electron chi connectivity index (χ4n) is 2.92. The molecule has 0 N–H and O–H groups in total. The third-order valence-corrected chi connectivity index (χ3v) is 4.41. The number of rotatable bonds is 4. The van der Waals surface area contributed by atoms with Gasteiger partial charge in [-0.15, -0.1) is 0 Å². The van der Waals surface area contributed by atoms with Gasteiger partial charge in [-0.25, -0.2) is 4.39 Å². The van der Waals surface area contributed by atoms with Crippen LogP contribution < -0.4 is 0 Å². The lowest BCUT2D eigenvalue weighted by molar-refractivity contribution is -0.151. The Morgan fingerprint density at radius 1 is 1.16 bits per heavy atom. The first-order chi connectivity index (χ1) is 11.8. The van der Waals surface area contributed by atoms with Crippen LogP contribution in [0.5, 0.6) is 0 Å². The first kappa shape index (κ1) is 18.9. The highest BCUT2D eigenvalue weighted by Gasteiger charge is 2.36. The second-order valence-electron chi connectivity index (χ2n) is 6.43. The number of carbonyl (C=O) groups is 3. The topological polar surface area (TPSA) is 60.9 Å². The number of carbonyl (C=O) groups excluding carboxylic acids is 3. The number of likely N-dealkylation sites (N-methyl/N-ethyl adjacent to an activating group) is 1. The molecule has 0 unspecified atom stereocenters. The molecule has 3 amide bonds. The summed E-state index contributed by atoms with van der Waals surface area (Å²) in [5.41, 5.74) is 0.868. The molecule has 0 aliphatic carbocycles. The van der Waals surface area contributed by atoms with Gasteiger partial charge in [0.2, 0.25) is 17.7 Å². The molecule has 1 aromatic rings. The zero-order valence-electron chi connectivity index (χ0n) is 14.9. The van der Waals surface area contributed by atoms with Gasteiger partial charge in [-0.2, -0.15) is 0 Å². The van der Waals surface area contributed by atoms with Crippen molar-refractivity contribution < 1.29 is 18.8 Å². The van der Waals surface area contributed by atoms with Gasteiger partial charge in [0.05, 0.1) is 6.54 Å². The molecule has 0 saturated carbocycles. The molecular formula is C18H24FN3O3. The number of hydrogen-bond acceptors (Lipinski definition) is 3. The SMILES string of the molecule is CC(=O)N1CCN(C(=O)CCc2ccc(F)cc2)[C@@H](C(=O)N(C)C)C1. The molecule has 1 saturated heterocycles. The molecule has 1 aliphatic rings. The fraction of sp³-hybridized carbons (Fsp3) is 0.500. The standard InChI is InChI=1S/C18H24FN3O3/c1-13(23)21-10-11-22(16(12-21)18(25)20(2)3)17(24)9-6-14-4-7-15(19)8-5-14/h4-5,7-8,16H,6,9-12H2,1-3H3/t16-/m1/s1. The van der Waals surface area contributed by atoms with Crippen molar-refractivity contribution in [3.8, 4) is 0 Å². The van der Waals surface area contributed by atoms with E-state index in [2.05, 4.69) is 0 Å². The van der Waals surface area contributed by atoms with E-state index in [4.69, 9.17) is 0 Å². The van der Waals surface area contributed by atoms with Crippen LogP contribution >= 0.6 is 0 Å². The molecule has 7 heteroatoms. The Hall–Kier alpha value is -2.44. The van der Waals surface area contributed by atoms with Crippen LogP contribution in [0.2, 0.25) is 0 Å². The molecule has 0 radical (unpaired) electrons. The Balaban J connectivity index is 2.05. The van der Waals surface area contributed by atoms with Crippen LogP contribution in [-0.4, -0.2) is 72.2 Å². The van der Waals surface area contributed by atoms with Crippen LogP contribution in [0.1, 0.15) is 18.9 Å². The Labute approximate surface area is 147 Å². The Morgan fingerprint density at radius 3 is 2.36 bits per heavy atom. The average molecular weight is 349 g/mol. The van der Waals surface area contributed by atoms with Crippen LogP contribution in [0, 0.1) is 5.82 Å². The van der Waals surface area contributed by atoms with Crippen molar-refractivity contribution >= 4 is 17.7 Å². The van der Waals surface area contributed by atoms with E-state index in [1.165, 1.54) is 24.0 Å². The van der Waals surface area contributed by atoms with Crippen molar-refractivity contribution in [2.45, 2.75) is 25.8 Å². The molecule has 1 heterocycles. The zero-order valence-corrected chi connectivity index (χ0v) is 14.9. The molecular weight excluding hydrogens is 325 g/mol. The summed E-state index contributed by atoms with van der Waals surface area (Å²) in [7, 11) is 3.27. The van der Waals surface area contributed by atoms with E-state index in [0.29, 0.717) is 19.5 Å². The van der Waals surface area contributed by atoms with Gasteiger partial charge in [0.25, 0.3) is 0 Å². The highest BCUT2D eigenvalue weighted by molar-refractivity contribution is 5.89. The van der Waals surface area contributed by atoms with Crippen LogP contribution in [-0.2, 0) is 20.8 Å².